The number of rotatable bonds is 3. The lowest BCUT2D eigenvalue weighted by atomic mass is 10.1. The molecule has 1 saturated heterocycles. The molecule has 1 aliphatic heterocycles. The number of amides is 1. The number of hydrogen-bond acceptors (Lipinski definition) is 3. The monoisotopic (exact) mass is 206 g/mol. The van der Waals surface area contributed by atoms with Crippen molar-refractivity contribution in [3.05, 3.63) is 12.4 Å². The molecule has 5 heteroatoms. The van der Waals surface area contributed by atoms with Crippen LogP contribution in [-0.2, 0) is 4.79 Å². The molecule has 0 spiro atoms. The van der Waals surface area contributed by atoms with Gasteiger partial charge in [0.1, 0.15) is 0 Å². The number of aromatic nitrogens is 3. The molecule has 2 aliphatic rings. The molecule has 2 fully saturated rings. The molecule has 0 aromatic carbocycles. The number of carbonyl (C=O) groups excluding carboxylic acids is 1. The Morgan fingerprint density at radius 3 is 2.80 bits per heavy atom. The maximum Gasteiger partial charge on any atom is 0.222 e. The Morgan fingerprint density at radius 2 is 2.20 bits per heavy atom. The van der Waals surface area contributed by atoms with Crippen LogP contribution in [0.2, 0.25) is 0 Å². The molecule has 1 aliphatic carbocycles. The van der Waals surface area contributed by atoms with E-state index >= 15 is 0 Å². The minimum absolute atomic E-state index is 0.314. The predicted molar refractivity (Wildman–Crippen MR) is 53.0 cm³/mol. The van der Waals surface area contributed by atoms with Crippen LogP contribution in [-0.4, -0.2) is 38.9 Å². The predicted octanol–water partition coefficient (Wildman–Crippen LogP) is 0.462. The molecule has 0 radical (unpaired) electrons. The molecular formula is C10H14N4O. The van der Waals surface area contributed by atoms with E-state index in [1.165, 1.54) is 12.8 Å². The van der Waals surface area contributed by atoms with E-state index in [2.05, 4.69) is 10.3 Å². The van der Waals surface area contributed by atoms with Crippen LogP contribution in [0, 0.1) is 5.92 Å². The van der Waals surface area contributed by atoms with Crippen molar-refractivity contribution < 1.29 is 4.79 Å². The van der Waals surface area contributed by atoms with E-state index in [-0.39, 0.29) is 0 Å². The minimum atomic E-state index is 0.314. The first kappa shape index (κ1) is 8.88. The van der Waals surface area contributed by atoms with Gasteiger partial charge in [-0.25, -0.2) is 4.68 Å². The van der Waals surface area contributed by atoms with Gasteiger partial charge in [-0.2, -0.15) is 0 Å². The van der Waals surface area contributed by atoms with Crippen LogP contribution < -0.4 is 0 Å². The van der Waals surface area contributed by atoms with Gasteiger partial charge in [0.25, 0.3) is 0 Å². The third kappa shape index (κ3) is 1.73. The summed E-state index contributed by atoms with van der Waals surface area (Å²) in [6, 6.07) is 0.343. The molecule has 0 bridgehead atoms. The highest BCUT2D eigenvalue weighted by Crippen LogP contribution is 2.34. The SMILES string of the molecule is O=C(CC1CC1)N1CC(n2ccnn2)C1. The summed E-state index contributed by atoms with van der Waals surface area (Å²) in [4.78, 5) is 13.6. The van der Waals surface area contributed by atoms with Crippen LogP contribution in [0.15, 0.2) is 12.4 Å². The second-order valence-electron chi connectivity index (χ2n) is 4.48. The smallest absolute Gasteiger partial charge is 0.222 e. The quantitative estimate of drug-likeness (QED) is 0.722. The van der Waals surface area contributed by atoms with Gasteiger partial charge in [0, 0.05) is 25.7 Å². The lowest BCUT2D eigenvalue weighted by Crippen LogP contribution is -2.50. The Hall–Kier alpha value is -1.39. The molecule has 0 atom stereocenters. The van der Waals surface area contributed by atoms with Crippen LogP contribution >= 0.6 is 0 Å². The number of carbonyl (C=O) groups is 1. The number of nitrogens with zero attached hydrogens (tertiary/aromatic N) is 4. The van der Waals surface area contributed by atoms with Crippen LogP contribution in [0.5, 0.6) is 0 Å². The Bertz CT molecular complexity index is 352. The summed E-state index contributed by atoms with van der Waals surface area (Å²) >= 11 is 0. The van der Waals surface area contributed by atoms with Gasteiger partial charge in [-0.05, 0) is 18.8 Å². The Balaban J connectivity index is 1.50. The molecule has 1 aromatic rings. The number of likely N-dealkylation sites (tertiary alicyclic amines) is 1. The minimum Gasteiger partial charge on any atom is -0.338 e. The van der Waals surface area contributed by atoms with Crippen molar-refractivity contribution in [1.82, 2.24) is 19.9 Å². The van der Waals surface area contributed by atoms with Gasteiger partial charge in [0.15, 0.2) is 0 Å². The van der Waals surface area contributed by atoms with E-state index in [1.54, 1.807) is 6.20 Å². The van der Waals surface area contributed by atoms with Gasteiger partial charge in [-0.3, -0.25) is 4.79 Å². The molecule has 2 heterocycles. The van der Waals surface area contributed by atoms with E-state index in [4.69, 9.17) is 0 Å². The first-order valence-corrected chi connectivity index (χ1v) is 5.46. The van der Waals surface area contributed by atoms with E-state index in [9.17, 15) is 4.79 Å². The molecule has 15 heavy (non-hydrogen) atoms. The van der Waals surface area contributed by atoms with E-state index in [0.717, 1.165) is 19.5 Å². The number of hydrogen-bond donors (Lipinski definition) is 0. The average Bonchev–Trinajstić information content (AvgIpc) is 2.79. The van der Waals surface area contributed by atoms with Crippen molar-refractivity contribution in [2.75, 3.05) is 13.1 Å². The summed E-state index contributed by atoms with van der Waals surface area (Å²) in [5, 5.41) is 7.70. The summed E-state index contributed by atoms with van der Waals surface area (Å²) in [6.45, 7) is 1.60. The van der Waals surface area contributed by atoms with Crippen LogP contribution in [0.1, 0.15) is 25.3 Å². The first-order valence-electron chi connectivity index (χ1n) is 5.46. The van der Waals surface area contributed by atoms with Crippen molar-refractivity contribution in [3.63, 3.8) is 0 Å². The molecular weight excluding hydrogens is 192 g/mol. The fourth-order valence-corrected chi connectivity index (χ4v) is 1.94. The van der Waals surface area contributed by atoms with Crippen molar-refractivity contribution >= 4 is 5.91 Å². The fourth-order valence-electron chi connectivity index (χ4n) is 1.94. The molecule has 0 unspecified atom stereocenters. The van der Waals surface area contributed by atoms with Gasteiger partial charge in [0.05, 0.1) is 12.2 Å². The lowest BCUT2D eigenvalue weighted by Gasteiger charge is -2.39. The molecule has 5 nitrogen and oxygen atoms in total. The van der Waals surface area contributed by atoms with Gasteiger partial charge in [-0.1, -0.05) is 5.21 Å². The van der Waals surface area contributed by atoms with Crippen molar-refractivity contribution in [2.24, 2.45) is 5.92 Å². The van der Waals surface area contributed by atoms with E-state index in [1.807, 2.05) is 15.8 Å². The molecule has 1 saturated carbocycles. The van der Waals surface area contributed by atoms with E-state index < -0.39 is 0 Å². The fraction of sp³-hybridized carbons (Fsp3) is 0.700. The molecule has 3 rings (SSSR count). The summed E-state index contributed by atoms with van der Waals surface area (Å²) in [5.41, 5.74) is 0. The second kappa shape index (κ2) is 3.32. The van der Waals surface area contributed by atoms with Crippen molar-refractivity contribution in [1.29, 1.82) is 0 Å². The highest BCUT2D eigenvalue weighted by Gasteiger charge is 2.35. The zero-order valence-electron chi connectivity index (χ0n) is 8.54. The van der Waals surface area contributed by atoms with Crippen LogP contribution in [0.4, 0.5) is 0 Å². The summed E-state index contributed by atoms with van der Waals surface area (Å²) in [5.74, 6) is 0.997. The Labute approximate surface area is 88.1 Å². The third-order valence-electron chi connectivity index (χ3n) is 3.19. The molecule has 0 N–H and O–H groups in total. The van der Waals surface area contributed by atoms with E-state index in [0.29, 0.717) is 17.9 Å². The topological polar surface area (TPSA) is 51.0 Å². The second-order valence-corrected chi connectivity index (χ2v) is 4.48. The van der Waals surface area contributed by atoms with Crippen molar-refractivity contribution in [3.8, 4) is 0 Å². The zero-order valence-corrected chi connectivity index (χ0v) is 8.54. The average molecular weight is 206 g/mol. The lowest BCUT2D eigenvalue weighted by molar-refractivity contribution is -0.137. The van der Waals surface area contributed by atoms with Gasteiger partial charge >= 0.3 is 0 Å². The molecule has 1 aromatic heterocycles. The van der Waals surface area contributed by atoms with Gasteiger partial charge in [0.2, 0.25) is 5.91 Å². The van der Waals surface area contributed by atoms with Gasteiger partial charge < -0.3 is 4.90 Å². The largest absolute Gasteiger partial charge is 0.338 e. The molecule has 1 amide bonds. The maximum atomic E-state index is 11.7. The zero-order chi connectivity index (χ0) is 10.3. The maximum absolute atomic E-state index is 11.7. The Morgan fingerprint density at radius 1 is 1.40 bits per heavy atom. The summed E-state index contributed by atoms with van der Waals surface area (Å²) in [6.07, 6.45) is 6.77. The Kier molecular flexibility index (Phi) is 1.97. The highest BCUT2D eigenvalue weighted by atomic mass is 16.2. The highest BCUT2D eigenvalue weighted by molar-refractivity contribution is 5.77. The van der Waals surface area contributed by atoms with Gasteiger partial charge in [-0.15, -0.1) is 5.10 Å². The van der Waals surface area contributed by atoms with Crippen LogP contribution in [0.3, 0.4) is 0 Å². The standard InChI is InChI=1S/C10H14N4O/c15-10(5-8-1-2-8)13-6-9(7-13)14-4-3-11-12-14/h3-4,8-9H,1-2,5-7H2. The molecule has 80 valence electrons. The third-order valence-corrected chi connectivity index (χ3v) is 3.19. The summed E-state index contributed by atoms with van der Waals surface area (Å²) in [7, 11) is 0. The van der Waals surface area contributed by atoms with Crippen LogP contribution in [0.25, 0.3) is 0 Å². The van der Waals surface area contributed by atoms with Crippen molar-refractivity contribution in [2.45, 2.75) is 25.3 Å². The first-order chi connectivity index (χ1) is 7.33. The summed E-state index contributed by atoms with van der Waals surface area (Å²) < 4.78 is 1.83. The normalized spacial score (nSPS) is 21.5.